The van der Waals surface area contributed by atoms with Gasteiger partial charge in [-0.1, -0.05) is 18.2 Å². The number of aryl methyl sites for hydroxylation is 2. The standard InChI is InChI=1S/C20H23N3O3S/c1-14-5-2-6-17-16(14)13-22-23(17)9-4-8-21-19(24)11-15(12-20(25)26)18-7-3-10-27-18/h2-3,5-7,10,13,15H,4,8-9,11-12H2,1H3,(H,21,24)(H,25,26). The lowest BCUT2D eigenvalue weighted by Gasteiger charge is -2.13. The molecule has 27 heavy (non-hydrogen) atoms. The minimum Gasteiger partial charge on any atom is -0.481 e. The second kappa shape index (κ2) is 8.81. The third kappa shape index (κ3) is 4.95. The van der Waals surface area contributed by atoms with Crippen molar-refractivity contribution in [2.75, 3.05) is 6.54 Å². The number of nitrogens with zero attached hydrogens (tertiary/aromatic N) is 2. The highest BCUT2D eigenvalue weighted by molar-refractivity contribution is 7.10. The number of fused-ring (bicyclic) bond motifs is 1. The van der Waals surface area contributed by atoms with E-state index in [1.54, 1.807) is 0 Å². The van der Waals surface area contributed by atoms with Crippen LogP contribution in [0.2, 0.25) is 0 Å². The minimum atomic E-state index is -0.887. The van der Waals surface area contributed by atoms with Crippen molar-refractivity contribution >= 4 is 34.1 Å². The number of carbonyl (C=O) groups excluding carboxylic acids is 1. The van der Waals surface area contributed by atoms with E-state index >= 15 is 0 Å². The molecule has 0 saturated carbocycles. The molecule has 0 aliphatic heterocycles. The number of aliphatic carboxylic acids is 1. The van der Waals surface area contributed by atoms with Gasteiger partial charge >= 0.3 is 5.97 Å². The van der Waals surface area contributed by atoms with Crippen LogP contribution in [0, 0.1) is 6.92 Å². The second-order valence-electron chi connectivity index (χ2n) is 6.59. The number of carboxylic acid groups (broad SMARTS) is 1. The summed E-state index contributed by atoms with van der Waals surface area (Å²) in [6.07, 6.45) is 2.79. The molecule has 1 atom stereocenters. The van der Waals surface area contributed by atoms with Crippen molar-refractivity contribution in [1.82, 2.24) is 15.1 Å². The maximum absolute atomic E-state index is 12.2. The highest BCUT2D eigenvalue weighted by Crippen LogP contribution is 2.27. The average molecular weight is 385 g/mol. The van der Waals surface area contributed by atoms with Gasteiger partial charge in [0.1, 0.15) is 0 Å². The zero-order valence-corrected chi connectivity index (χ0v) is 16.0. The van der Waals surface area contributed by atoms with Gasteiger partial charge in [0.25, 0.3) is 0 Å². The van der Waals surface area contributed by atoms with Crippen LogP contribution in [-0.2, 0) is 16.1 Å². The summed E-state index contributed by atoms with van der Waals surface area (Å²) in [5.41, 5.74) is 2.30. The summed E-state index contributed by atoms with van der Waals surface area (Å²) in [4.78, 5) is 24.2. The molecule has 6 nitrogen and oxygen atoms in total. The number of hydrogen-bond acceptors (Lipinski definition) is 4. The van der Waals surface area contributed by atoms with Crippen LogP contribution >= 0.6 is 11.3 Å². The molecule has 1 amide bonds. The maximum Gasteiger partial charge on any atom is 0.304 e. The van der Waals surface area contributed by atoms with Crippen molar-refractivity contribution in [1.29, 1.82) is 0 Å². The van der Waals surface area contributed by atoms with Gasteiger partial charge in [0.05, 0.1) is 18.1 Å². The smallest absolute Gasteiger partial charge is 0.304 e. The third-order valence-corrected chi connectivity index (χ3v) is 5.61. The predicted octanol–water partition coefficient (Wildman–Crippen LogP) is 3.56. The second-order valence-corrected chi connectivity index (χ2v) is 7.57. The Bertz CT molecular complexity index is 918. The van der Waals surface area contributed by atoms with Crippen LogP contribution in [0.5, 0.6) is 0 Å². The van der Waals surface area contributed by atoms with E-state index in [2.05, 4.69) is 23.4 Å². The van der Waals surface area contributed by atoms with Crippen molar-refractivity contribution in [2.24, 2.45) is 0 Å². The maximum atomic E-state index is 12.2. The normalized spacial score (nSPS) is 12.2. The number of benzene rings is 1. The van der Waals surface area contributed by atoms with E-state index in [1.807, 2.05) is 40.5 Å². The summed E-state index contributed by atoms with van der Waals surface area (Å²) in [5.74, 6) is -1.28. The Morgan fingerprint density at radius 2 is 2.11 bits per heavy atom. The Kier molecular flexibility index (Phi) is 6.24. The number of carboxylic acids is 1. The number of aromatic nitrogens is 2. The number of hydrogen-bond donors (Lipinski definition) is 2. The largest absolute Gasteiger partial charge is 0.481 e. The zero-order valence-electron chi connectivity index (χ0n) is 15.2. The van der Waals surface area contributed by atoms with Crippen molar-refractivity contribution < 1.29 is 14.7 Å². The number of rotatable bonds is 9. The molecule has 0 spiro atoms. The van der Waals surface area contributed by atoms with E-state index in [4.69, 9.17) is 5.11 Å². The number of amides is 1. The van der Waals surface area contributed by atoms with Crippen molar-refractivity contribution in [3.8, 4) is 0 Å². The number of thiophene rings is 1. The number of nitrogens with one attached hydrogen (secondary N) is 1. The fourth-order valence-corrected chi connectivity index (χ4v) is 4.02. The predicted molar refractivity (Wildman–Crippen MR) is 106 cm³/mol. The number of carbonyl (C=O) groups is 2. The van der Waals surface area contributed by atoms with Crippen LogP contribution in [0.3, 0.4) is 0 Å². The summed E-state index contributed by atoms with van der Waals surface area (Å²) in [5, 5.41) is 19.5. The topological polar surface area (TPSA) is 84.2 Å². The minimum absolute atomic E-state index is 0.0352. The molecule has 0 fully saturated rings. The molecule has 142 valence electrons. The highest BCUT2D eigenvalue weighted by Gasteiger charge is 2.20. The first-order chi connectivity index (χ1) is 13.0. The molecular weight excluding hydrogens is 362 g/mol. The Morgan fingerprint density at radius 3 is 2.85 bits per heavy atom. The van der Waals surface area contributed by atoms with E-state index in [0.29, 0.717) is 6.54 Å². The molecule has 0 bridgehead atoms. The molecule has 1 aromatic carbocycles. The Labute approximate surface area is 161 Å². The van der Waals surface area contributed by atoms with Crippen molar-refractivity contribution in [2.45, 2.75) is 38.6 Å². The molecule has 3 rings (SSSR count). The molecule has 0 aliphatic rings. The summed E-state index contributed by atoms with van der Waals surface area (Å²) in [7, 11) is 0. The summed E-state index contributed by atoms with van der Waals surface area (Å²) in [6.45, 7) is 3.32. The van der Waals surface area contributed by atoms with Crippen LogP contribution in [-0.4, -0.2) is 33.3 Å². The third-order valence-electron chi connectivity index (χ3n) is 4.57. The van der Waals surface area contributed by atoms with Crippen molar-refractivity contribution in [3.05, 3.63) is 52.3 Å². The average Bonchev–Trinajstić information content (AvgIpc) is 3.29. The molecule has 3 aromatic rings. The first kappa shape index (κ1) is 19.1. The van der Waals surface area contributed by atoms with Crippen LogP contribution in [0.4, 0.5) is 0 Å². The van der Waals surface area contributed by atoms with E-state index in [-0.39, 0.29) is 24.7 Å². The van der Waals surface area contributed by atoms with Gasteiger partial charge in [-0.15, -0.1) is 11.3 Å². The molecule has 1 unspecified atom stereocenters. The SMILES string of the molecule is Cc1cccc2c1cnn2CCCNC(=O)CC(CC(=O)O)c1cccs1. The van der Waals surface area contributed by atoms with E-state index in [9.17, 15) is 9.59 Å². The van der Waals surface area contributed by atoms with E-state index < -0.39 is 5.97 Å². The molecule has 0 radical (unpaired) electrons. The fraction of sp³-hybridized carbons (Fsp3) is 0.350. The van der Waals surface area contributed by atoms with Gasteiger partial charge < -0.3 is 10.4 Å². The van der Waals surface area contributed by atoms with E-state index in [1.165, 1.54) is 16.9 Å². The molecule has 0 saturated heterocycles. The Hall–Kier alpha value is -2.67. The van der Waals surface area contributed by atoms with Crippen LogP contribution < -0.4 is 5.32 Å². The highest BCUT2D eigenvalue weighted by atomic mass is 32.1. The lowest BCUT2D eigenvalue weighted by atomic mass is 9.99. The first-order valence-corrected chi connectivity index (χ1v) is 9.85. The van der Waals surface area contributed by atoms with Gasteiger partial charge in [-0.3, -0.25) is 14.3 Å². The Morgan fingerprint density at radius 1 is 1.26 bits per heavy atom. The molecular formula is C20H23N3O3S. The zero-order chi connectivity index (χ0) is 19.2. The fourth-order valence-electron chi connectivity index (χ4n) is 3.19. The summed E-state index contributed by atoms with van der Waals surface area (Å²) >= 11 is 1.49. The quantitative estimate of drug-likeness (QED) is 0.552. The van der Waals surface area contributed by atoms with Crippen LogP contribution in [0.25, 0.3) is 10.9 Å². The van der Waals surface area contributed by atoms with Gasteiger partial charge in [0.2, 0.25) is 5.91 Å². The molecule has 2 heterocycles. The van der Waals surface area contributed by atoms with E-state index in [0.717, 1.165) is 28.7 Å². The molecule has 0 aliphatic carbocycles. The first-order valence-electron chi connectivity index (χ1n) is 8.97. The molecule has 2 aromatic heterocycles. The van der Waals surface area contributed by atoms with Gasteiger partial charge in [-0.05, 0) is 36.4 Å². The monoisotopic (exact) mass is 385 g/mol. The summed E-state index contributed by atoms with van der Waals surface area (Å²) < 4.78 is 1.95. The van der Waals surface area contributed by atoms with Gasteiger partial charge in [-0.2, -0.15) is 5.10 Å². The van der Waals surface area contributed by atoms with Gasteiger partial charge in [-0.25, -0.2) is 0 Å². The van der Waals surface area contributed by atoms with Crippen molar-refractivity contribution in [3.63, 3.8) is 0 Å². The molecule has 7 heteroatoms. The lowest BCUT2D eigenvalue weighted by molar-refractivity contribution is -0.137. The molecule has 2 N–H and O–H groups in total. The Balaban J connectivity index is 1.48. The van der Waals surface area contributed by atoms with Gasteiger partial charge in [0.15, 0.2) is 0 Å². The lowest BCUT2D eigenvalue weighted by Crippen LogP contribution is -2.27. The van der Waals surface area contributed by atoms with Gasteiger partial charge in [0, 0.05) is 35.7 Å². The summed E-state index contributed by atoms with van der Waals surface area (Å²) in [6, 6.07) is 9.89. The van der Waals surface area contributed by atoms with Crippen LogP contribution in [0.1, 0.15) is 35.6 Å². The van der Waals surface area contributed by atoms with Crippen LogP contribution in [0.15, 0.2) is 41.9 Å².